The quantitative estimate of drug-likeness (QED) is 0.874. The molecule has 1 heterocycles. The lowest BCUT2D eigenvalue weighted by molar-refractivity contribution is 0.176. The summed E-state index contributed by atoms with van der Waals surface area (Å²) in [6.07, 6.45) is 1.18. The van der Waals surface area contributed by atoms with Crippen LogP contribution in [0.1, 0.15) is 17.4 Å². The lowest BCUT2D eigenvalue weighted by Gasteiger charge is -2.13. The van der Waals surface area contributed by atoms with Gasteiger partial charge < -0.3 is 9.84 Å². The minimum atomic E-state index is -0.647. The molecule has 0 fully saturated rings. The smallest absolute Gasteiger partial charge is 0.216 e. The Labute approximate surface area is 128 Å². The number of methoxy groups -OCH3 is 1. The number of aromatic nitrogens is 2. The van der Waals surface area contributed by atoms with Crippen LogP contribution < -0.4 is 4.74 Å². The normalized spacial score (nSPS) is 12.2. The summed E-state index contributed by atoms with van der Waals surface area (Å²) < 4.78 is 6.82. The van der Waals surface area contributed by atoms with Crippen molar-refractivity contribution >= 4 is 31.9 Å². The van der Waals surface area contributed by atoms with E-state index in [2.05, 4.69) is 41.8 Å². The summed E-state index contributed by atoms with van der Waals surface area (Å²) >= 11 is 6.83. The van der Waals surface area contributed by atoms with E-state index in [0.29, 0.717) is 12.3 Å². The number of hydrogen-bond donors (Lipinski definition) is 1. The second kappa shape index (κ2) is 6.45. The highest BCUT2D eigenvalue weighted by Gasteiger charge is 2.14. The first-order valence-corrected chi connectivity index (χ1v) is 7.16. The highest BCUT2D eigenvalue weighted by atomic mass is 79.9. The predicted octanol–water partition coefficient (Wildman–Crippen LogP) is 3.29. The average Bonchev–Trinajstić information content (AvgIpc) is 2.41. The van der Waals surface area contributed by atoms with Gasteiger partial charge in [0.05, 0.1) is 18.9 Å². The summed E-state index contributed by atoms with van der Waals surface area (Å²) in [7, 11) is 1.55. The van der Waals surface area contributed by atoms with Gasteiger partial charge in [0.2, 0.25) is 5.88 Å². The maximum atomic E-state index is 10.3. The van der Waals surface area contributed by atoms with E-state index < -0.39 is 6.10 Å². The SMILES string of the molecule is COc1cc(CC(O)c2cc(Br)ccc2Br)ncn1. The molecule has 0 aliphatic rings. The highest BCUT2D eigenvalue weighted by molar-refractivity contribution is 9.11. The van der Waals surface area contributed by atoms with Crippen LogP contribution in [0.2, 0.25) is 0 Å². The molecule has 100 valence electrons. The Balaban J connectivity index is 2.20. The van der Waals surface area contributed by atoms with Crippen molar-refractivity contribution in [1.82, 2.24) is 9.97 Å². The summed E-state index contributed by atoms with van der Waals surface area (Å²) in [5.41, 5.74) is 1.54. The van der Waals surface area contributed by atoms with Crippen molar-refractivity contribution in [3.8, 4) is 5.88 Å². The zero-order valence-corrected chi connectivity index (χ0v) is 13.3. The third-order valence-corrected chi connectivity index (χ3v) is 3.84. The van der Waals surface area contributed by atoms with Gasteiger partial charge in [-0.15, -0.1) is 0 Å². The molecule has 0 saturated heterocycles. The van der Waals surface area contributed by atoms with E-state index in [1.54, 1.807) is 13.2 Å². The lowest BCUT2D eigenvalue weighted by atomic mass is 10.1. The molecule has 0 radical (unpaired) electrons. The van der Waals surface area contributed by atoms with E-state index in [0.717, 1.165) is 20.2 Å². The maximum absolute atomic E-state index is 10.3. The number of aliphatic hydroxyl groups is 1. The molecule has 1 aromatic heterocycles. The Morgan fingerprint density at radius 3 is 2.79 bits per heavy atom. The first-order valence-electron chi connectivity index (χ1n) is 5.58. The van der Waals surface area contributed by atoms with Crippen molar-refractivity contribution in [3.63, 3.8) is 0 Å². The minimum absolute atomic E-state index is 0.397. The van der Waals surface area contributed by atoms with Crippen LogP contribution in [0.25, 0.3) is 0 Å². The van der Waals surface area contributed by atoms with Crippen LogP contribution >= 0.6 is 31.9 Å². The van der Waals surface area contributed by atoms with Crippen LogP contribution in [-0.4, -0.2) is 22.2 Å². The molecule has 0 bridgehead atoms. The van der Waals surface area contributed by atoms with Crippen molar-refractivity contribution < 1.29 is 9.84 Å². The molecule has 4 nitrogen and oxygen atoms in total. The number of aliphatic hydroxyl groups excluding tert-OH is 1. The van der Waals surface area contributed by atoms with Gasteiger partial charge in [0.15, 0.2) is 0 Å². The van der Waals surface area contributed by atoms with Gasteiger partial charge in [-0.25, -0.2) is 9.97 Å². The fourth-order valence-corrected chi connectivity index (χ4v) is 2.57. The fourth-order valence-electron chi connectivity index (χ4n) is 1.68. The standard InChI is InChI=1S/C13H12Br2N2O2/c1-19-13-6-9(16-7-17-13)5-12(18)10-4-8(14)2-3-11(10)15/h2-4,6-7,12,18H,5H2,1H3. The van der Waals surface area contributed by atoms with Crippen molar-refractivity contribution in [2.24, 2.45) is 0 Å². The third-order valence-electron chi connectivity index (χ3n) is 2.63. The molecule has 2 rings (SSSR count). The third kappa shape index (κ3) is 3.75. The summed E-state index contributed by atoms with van der Waals surface area (Å²) in [5.74, 6) is 0.491. The lowest BCUT2D eigenvalue weighted by Crippen LogP contribution is -2.05. The van der Waals surface area contributed by atoms with Gasteiger partial charge in [0, 0.05) is 21.4 Å². The zero-order chi connectivity index (χ0) is 13.8. The molecule has 1 aromatic carbocycles. The van der Waals surface area contributed by atoms with Crippen LogP contribution in [0.3, 0.4) is 0 Å². The largest absolute Gasteiger partial charge is 0.481 e. The van der Waals surface area contributed by atoms with Crippen LogP contribution in [0.5, 0.6) is 5.88 Å². The average molecular weight is 388 g/mol. The molecule has 0 aliphatic carbocycles. The Morgan fingerprint density at radius 1 is 1.26 bits per heavy atom. The first-order chi connectivity index (χ1) is 9.10. The van der Waals surface area contributed by atoms with Crippen molar-refractivity contribution in [1.29, 1.82) is 0 Å². The van der Waals surface area contributed by atoms with Crippen LogP contribution in [0.4, 0.5) is 0 Å². The molecular formula is C13H12Br2N2O2. The Morgan fingerprint density at radius 2 is 2.05 bits per heavy atom. The van der Waals surface area contributed by atoms with E-state index in [-0.39, 0.29) is 0 Å². The second-order valence-corrected chi connectivity index (χ2v) is 5.71. The molecule has 2 aromatic rings. The first kappa shape index (κ1) is 14.4. The summed E-state index contributed by atoms with van der Waals surface area (Å²) in [4.78, 5) is 8.06. The second-order valence-electron chi connectivity index (χ2n) is 3.94. The van der Waals surface area contributed by atoms with Crippen molar-refractivity contribution in [2.75, 3.05) is 7.11 Å². The van der Waals surface area contributed by atoms with Crippen molar-refractivity contribution in [3.05, 3.63) is 50.8 Å². The monoisotopic (exact) mass is 386 g/mol. The topological polar surface area (TPSA) is 55.2 Å². The highest BCUT2D eigenvalue weighted by Crippen LogP contribution is 2.28. The number of benzene rings is 1. The number of nitrogens with zero attached hydrogens (tertiary/aromatic N) is 2. The van der Waals surface area contributed by atoms with E-state index in [1.165, 1.54) is 6.33 Å². The van der Waals surface area contributed by atoms with E-state index in [1.807, 2.05) is 18.2 Å². The molecule has 0 aliphatic heterocycles. The summed E-state index contributed by atoms with van der Waals surface area (Å²) in [6.45, 7) is 0. The van der Waals surface area contributed by atoms with Gasteiger partial charge in [-0.3, -0.25) is 0 Å². The van der Waals surface area contributed by atoms with Gasteiger partial charge in [-0.05, 0) is 23.8 Å². The molecule has 1 N–H and O–H groups in total. The van der Waals surface area contributed by atoms with Crippen molar-refractivity contribution in [2.45, 2.75) is 12.5 Å². The molecule has 1 unspecified atom stereocenters. The molecule has 0 amide bonds. The molecule has 1 atom stereocenters. The fraction of sp³-hybridized carbons (Fsp3) is 0.231. The molecule has 6 heteroatoms. The maximum Gasteiger partial charge on any atom is 0.216 e. The van der Waals surface area contributed by atoms with Gasteiger partial charge in [0.25, 0.3) is 0 Å². The Kier molecular flexibility index (Phi) is 4.90. The summed E-state index contributed by atoms with van der Waals surface area (Å²) in [5, 5.41) is 10.3. The van der Waals surface area contributed by atoms with Gasteiger partial charge >= 0.3 is 0 Å². The van der Waals surface area contributed by atoms with Gasteiger partial charge in [0.1, 0.15) is 6.33 Å². The minimum Gasteiger partial charge on any atom is -0.481 e. The van der Waals surface area contributed by atoms with Crippen LogP contribution in [-0.2, 0) is 6.42 Å². The van der Waals surface area contributed by atoms with Gasteiger partial charge in [-0.1, -0.05) is 31.9 Å². The van der Waals surface area contributed by atoms with E-state index in [9.17, 15) is 5.11 Å². The van der Waals surface area contributed by atoms with Gasteiger partial charge in [-0.2, -0.15) is 0 Å². The summed E-state index contributed by atoms with van der Waals surface area (Å²) in [6, 6.07) is 7.40. The number of halogens is 2. The molecule has 0 saturated carbocycles. The predicted molar refractivity (Wildman–Crippen MR) is 79.1 cm³/mol. The Hall–Kier alpha value is -0.980. The number of hydrogen-bond acceptors (Lipinski definition) is 4. The number of ether oxygens (including phenoxy) is 1. The molecular weight excluding hydrogens is 376 g/mol. The number of rotatable bonds is 4. The van der Waals surface area contributed by atoms with E-state index in [4.69, 9.17) is 4.74 Å². The zero-order valence-electron chi connectivity index (χ0n) is 10.2. The van der Waals surface area contributed by atoms with Crippen LogP contribution in [0, 0.1) is 0 Å². The Bertz CT molecular complexity index is 578. The van der Waals surface area contributed by atoms with E-state index >= 15 is 0 Å². The molecule has 0 spiro atoms. The van der Waals surface area contributed by atoms with Crippen LogP contribution in [0.15, 0.2) is 39.5 Å². The molecule has 19 heavy (non-hydrogen) atoms.